The number of halogens is 1. The smallest absolute Gasteiger partial charge is 0.139 e. The van der Waals surface area contributed by atoms with E-state index in [9.17, 15) is 0 Å². The lowest BCUT2D eigenvalue weighted by molar-refractivity contribution is 0.414. The molecular formula is C15H20ClN3O. The van der Waals surface area contributed by atoms with E-state index in [4.69, 9.17) is 16.3 Å². The molecule has 0 unspecified atom stereocenters. The number of hydrogen-bond acceptors (Lipinski definition) is 3. The molecule has 1 aromatic carbocycles. The number of nitrogens with zero attached hydrogens (tertiary/aromatic N) is 2. The lowest BCUT2D eigenvalue weighted by atomic mass is 10.2. The van der Waals surface area contributed by atoms with Crippen molar-refractivity contribution < 1.29 is 4.74 Å². The van der Waals surface area contributed by atoms with Gasteiger partial charge in [-0.05, 0) is 30.7 Å². The highest BCUT2D eigenvalue weighted by Crippen LogP contribution is 2.26. The summed E-state index contributed by atoms with van der Waals surface area (Å²) >= 11 is 6.02. The van der Waals surface area contributed by atoms with Crippen LogP contribution < -0.4 is 10.1 Å². The highest BCUT2D eigenvalue weighted by atomic mass is 35.5. The summed E-state index contributed by atoms with van der Waals surface area (Å²) in [6.07, 6.45) is 1.94. The molecule has 20 heavy (non-hydrogen) atoms. The number of benzene rings is 1. The van der Waals surface area contributed by atoms with Crippen LogP contribution in [0.1, 0.15) is 19.5 Å². The first-order valence-corrected chi connectivity index (χ1v) is 7.07. The second-order valence-electron chi connectivity index (χ2n) is 5.10. The summed E-state index contributed by atoms with van der Waals surface area (Å²) in [5.41, 5.74) is 1.95. The zero-order chi connectivity index (χ0) is 14.5. The molecule has 4 nitrogen and oxygen atoms in total. The highest BCUT2D eigenvalue weighted by molar-refractivity contribution is 6.32. The molecule has 0 aliphatic carbocycles. The maximum Gasteiger partial charge on any atom is 0.139 e. The van der Waals surface area contributed by atoms with Crippen LogP contribution in [0.3, 0.4) is 0 Å². The summed E-state index contributed by atoms with van der Waals surface area (Å²) in [7, 11) is 1.61. The van der Waals surface area contributed by atoms with E-state index in [2.05, 4.69) is 24.3 Å². The molecule has 2 aromatic rings. The van der Waals surface area contributed by atoms with Gasteiger partial charge in [-0.2, -0.15) is 5.10 Å². The zero-order valence-corrected chi connectivity index (χ0v) is 12.8. The van der Waals surface area contributed by atoms with Gasteiger partial charge < -0.3 is 10.1 Å². The van der Waals surface area contributed by atoms with Crippen LogP contribution in [0.5, 0.6) is 5.75 Å². The van der Waals surface area contributed by atoms with Crippen molar-refractivity contribution in [3.8, 4) is 11.4 Å². The summed E-state index contributed by atoms with van der Waals surface area (Å²) in [6, 6.07) is 7.62. The first-order chi connectivity index (χ1) is 9.60. The molecule has 0 saturated heterocycles. The molecule has 0 saturated carbocycles. The average Bonchev–Trinajstić information content (AvgIpc) is 2.87. The molecule has 108 valence electrons. The van der Waals surface area contributed by atoms with Crippen molar-refractivity contribution in [3.63, 3.8) is 0 Å². The van der Waals surface area contributed by atoms with Crippen LogP contribution in [0.15, 0.2) is 30.5 Å². The summed E-state index contributed by atoms with van der Waals surface area (Å²) in [6.45, 7) is 6.13. The molecule has 2 rings (SSSR count). The number of hydrogen-bond donors (Lipinski definition) is 1. The lowest BCUT2D eigenvalue weighted by Gasteiger charge is -2.07. The Labute approximate surface area is 124 Å². The van der Waals surface area contributed by atoms with E-state index in [0.717, 1.165) is 24.5 Å². The van der Waals surface area contributed by atoms with E-state index in [1.165, 1.54) is 0 Å². The largest absolute Gasteiger partial charge is 0.495 e. The second-order valence-corrected chi connectivity index (χ2v) is 5.50. The maximum absolute atomic E-state index is 6.02. The van der Waals surface area contributed by atoms with Gasteiger partial charge in [0.2, 0.25) is 0 Å². The van der Waals surface area contributed by atoms with E-state index in [0.29, 0.717) is 16.7 Å². The van der Waals surface area contributed by atoms with Gasteiger partial charge in [0.1, 0.15) is 5.75 Å². The van der Waals surface area contributed by atoms with E-state index >= 15 is 0 Å². The summed E-state index contributed by atoms with van der Waals surface area (Å²) in [4.78, 5) is 0. The van der Waals surface area contributed by atoms with Gasteiger partial charge in [-0.25, -0.2) is 4.68 Å². The summed E-state index contributed by atoms with van der Waals surface area (Å²) in [5.74, 6) is 1.29. The maximum atomic E-state index is 6.02. The highest BCUT2D eigenvalue weighted by Gasteiger charge is 2.05. The van der Waals surface area contributed by atoms with E-state index in [-0.39, 0.29) is 0 Å². The Morgan fingerprint density at radius 3 is 2.85 bits per heavy atom. The van der Waals surface area contributed by atoms with Gasteiger partial charge in [-0.3, -0.25) is 0 Å². The molecule has 0 radical (unpaired) electrons. The Balaban J connectivity index is 2.08. The molecule has 0 atom stereocenters. The van der Waals surface area contributed by atoms with Crippen LogP contribution in [0.25, 0.3) is 5.69 Å². The van der Waals surface area contributed by atoms with Crippen molar-refractivity contribution in [2.45, 2.75) is 20.4 Å². The first-order valence-electron chi connectivity index (χ1n) is 6.69. The van der Waals surface area contributed by atoms with Crippen molar-refractivity contribution in [2.24, 2.45) is 5.92 Å². The molecule has 1 N–H and O–H groups in total. The molecule has 0 aliphatic heterocycles. The minimum absolute atomic E-state index is 0.599. The van der Waals surface area contributed by atoms with Crippen molar-refractivity contribution in [1.29, 1.82) is 0 Å². The van der Waals surface area contributed by atoms with Gasteiger partial charge in [-0.1, -0.05) is 25.4 Å². The molecule has 0 bridgehead atoms. The fraction of sp³-hybridized carbons (Fsp3) is 0.400. The molecule has 1 aromatic heterocycles. The van der Waals surface area contributed by atoms with Crippen molar-refractivity contribution in [3.05, 3.63) is 41.2 Å². The lowest BCUT2D eigenvalue weighted by Crippen LogP contribution is -2.19. The second kappa shape index (κ2) is 6.77. The standard InChI is InChI=1S/C15H20ClN3O/c1-11(2)9-17-10-12-6-7-19(18-12)13-4-5-14(16)15(8-13)20-3/h4-8,11,17H,9-10H2,1-3H3. The quantitative estimate of drug-likeness (QED) is 0.888. The Bertz CT molecular complexity index is 566. The van der Waals surface area contributed by atoms with Gasteiger partial charge in [0.15, 0.2) is 0 Å². The normalized spacial score (nSPS) is 11.1. The third-order valence-electron chi connectivity index (χ3n) is 2.90. The Kier molecular flexibility index (Phi) is 5.04. The monoisotopic (exact) mass is 293 g/mol. The van der Waals surface area contributed by atoms with Gasteiger partial charge >= 0.3 is 0 Å². The summed E-state index contributed by atoms with van der Waals surface area (Å²) < 4.78 is 7.04. The number of aromatic nitrogens is 2. The molecule has 0 aliphatic rings. The topological polar surface area (TPSA) is 39.1 Å². The first kappa shape index (κ1) is 14.9. The van der Waals surface area contributed by atoms with Crippen LogP contribution in [0.4, 0.5) is 0 Å². The molecule has 0 amide bonds. The Hall–Kier alpha value is -1.52. The van der Waals surface area contributed by atoms with E-state index in [1.807, 2.05) is 35.1 Å². The summed E-state index contributed by atoms with van der Waals surface area (Å²) in [5, 5.41) is 8.51. The van der Waals surface area contributed by atoms with E-state index in [1.54, 1.807) is 7.11 Å². The third-order valence-corrected chi connectivity index (χ3v) is 3.21. The zero-order valence-electron chi connectivity index (χ0n) is 12.1. The van der Waals surface area contributed by atoms with Crippen LogP contribution in [0.2, 0.25) is 5.02 Å². The molecular weight excluding hydrogens is 274 g/mol. The Morgan fingerprint density at radius 1 is 1.35 bits per heavy atom. The minimum atomic E-state index is 0.599. The third kappa shape index (κ3) is 3.74. The number of ether oxygens (including phenoxy) is 1. The van der Waals surface area contributed by atoms with Crippen molar-refractivity contribution >= 4 is 11.6 Å². The SMILES string of the molecule is COc1cc(-n2ccc(CNCC(C)C)n2)ccc1Cl. The van der Waals surface area contributed by atoms with E-state index < -0.39 is 0 Å². The van der Waals surface area contributed by atoms with Gasteiger partial charge in [0.05, 0.1) is 23.5 Å². The number of nitrogens with one attached hydrogen (secondary N) is 1. The predicted octanol–water partition coefficient (Wildman–Crippen LogP) is 3.28. The van der Waals surface area contributed by atoms with Gasteiger partial charge in [0, 0.05) is 18.8 Å². The Morgan fingerprint density at radius 2 is 2.15 bits per heavy atom. The van der Waals surface area contributed by atoms with Crippen LogP contribution in [0, 0.1) is 5.92 Å². The van der Waals surface area contributed by atoms with Crippen molar-refractivity contribution in [2.75, 3.05) is 13.7 Å². The number of rotatable bonds is 6. The van der Waals surface area contributed by atoms with Crippen LogP contribution in [-0.4, -0.2) is 23.4 Å². The molecule has 0 fully saturated rings. The number of methoxy groups -OCH3 is 1. The average molecular weight is 294 g/mol. The minimum Gasteiger partial charge on any atom is -0.495 e. The van der Waals surface area contributed by atoms with Gasteiger partial charge in [0.25, 0.3) is 0 Å². The fourth-order valence-corrected chi connectivity index (χ4v) is 2.07. The predicted molar refractivity (Wildman–Crippen MR) is 81.7 cm³/mol. The molecule has 0 spiro atoms. The fourth-order valence-electron chi connectivity index (χ4n) is 1.88. The van der Waals surface area contributed by atoms with Gasteiger partial charge in [-0.15, -0.1) is 0 Å². The molecule has 1 heterocycles. The van der Waals surface area contributed by atoms with Crippen molar-refractivity contribution in [1.82, 2.24) is 15.1 Å². The van der Waals surface area contributed by atoms with Crippen LogP contribution >= 0.6 is 11.6 Å². The molecule has 5 heteroatoms. The van der Waals surface area contributed by atoms with Crippen LogP contribution in [-0.2, 0) is 6.54 Å².